The van der Waals surface area contributed by atoms with Crippen LogP contribution in [0.3, 0.4) is 0 Å². The Kier molecular flexibility index (Phi) is 4.91. The molecule has 2 rings (SSSR count). The van der Waals surface area contributed by atoms with Gasteiger partial charge in [-0.05, 0) is 18.4 Å². The van der Waals surface area contributed by atoms with Gasteiger partial charge >= 0.3 is 0 Å². The number of hydrogen-bond acceptors (Lipinski definition) is 4. The van der Waals surface area contributed by atoms with Crippen LogP contribution in [0.25, 0.3) is 11.4 Å². The summed E-state index contributed by atoms with van der Waals surface area (Å²) in [7, 11) is 3.60. The van der Waals surface area contributed by atoms with Gasteiger partial charge in [0.1, 0.15) is 5.82 Å². The number of aromatic nitrogens is 2. The second kappa shape index (κ2) is 6.68. The Bertz CT molecular complexity index is 623. The maximum absolute atomic E-state index is 5.27. The molecule has 0 saturated heterocycles. The lowest BCUT2D eigenvalue weighted by molar-refractivity contribution is 0.185. The van der Waals surface area contributed by atoms with Crippen LogP contribution in [0.2, 0.25) is 0 Å². The van der Waals surface area contributed by atoms with Gasteiger partial charge in [0, 0.05) is 31.0 Å². The number of aryl methyl sites for hydroxylation is 1. The van der Waals surface area contributed by atoms with E-state index in [2.05, 4.69) is 19.2 Å². The van der Waals surface area contributed by atoms with Crippen LogP contribution in [0.4, 0.5) is 5.82 Å². The van der Waals surface area contributed by atoms with Gasteiger partial charge in [-0.2, -0.15) is 0 Å². The van der Waals surface area contributed by atoms with Crippen molar-refractivity contribution in [1.82, 2.24) is 9.97 Å². The van der Waals surface area contributed by atoms with E-state index in [9.17, 15) is 0 Å². The summed E-state index contributed by atoms with van der Waals surface area (Å²) in [6, 6.07) is 8.10. The van der Waals surface area contributed by atoms with Crippen molar-refractivity contribution in [3.63, 3.8) is 0 Å². The summed E-state index contributed by atoms with van der Waals surface area (Å²) in [5, 5.41) is 3.20. The first-order valence-corrected chi connectivity index (χ1v) is 7.22. The minimum atomic E-state index is 0.385. The number of methoxy groups -OCH3 is 1. The number of anilines is 1. The van der Waals surface area contributed by atoms with E-state index >= 15 is 0 Å². The lowest BCUT2D eigenvalue weighted by atomic mass is 10.0. The van der Waals surface area contributed by atoms with Crippen molar-refractivity contribution in [3.8, 4) is 11.4 Å². The van der Waals surface area contributed by atoms with E-state index in [-0.39, 0.29) is 0 Å². The number of hydrogen-bond donors (Lipinski definition) is 1. The van der Waals surface area contributed by atoms with E-state index in [0.29, 0.717) is 12.5 Å². The van der Waals surface area contributed by atoms with E-state index in [1.165, 1.54) is 5.56 Å². The lowest BCUT2D eigenvalue weighted by Gasteiger charge is -2.16. The number of nitrogens with one attached hydrogen (secondary N) is 1. The quantitative estimate of drug-likeness (QED) is 0.908. The van der Waals surface area contributed by atoms with Crippen LogP contribution in [-0.2, 0) is 11.3 Å². The van der Waals surface area contributed by atoms with Crippen molar-refractivity contribution in [1.29, 1.82) is 0 Å². The highest BCUT2D eigenvalue weighted by Gasteiger charge is 2.16. The highest BCUT2D eigenvalue weighted by Crippen LogP contribution is 2.29. The van der Waals surface area contributed by atoms with Gasteiger partial charge in [0.15, 0.2) is 5.82 Å². The van der Waals surface area contributed by atoms with Crippen LogP contribution >= 0.6 is 0 Å². The summed E-state index contributed by atoms with van der Waals surface area (Å²) in [4.78, 5) is 9.42. The summed E-state index contributed by atoms with van der Waals surface area (Å²) in [5.41, 5.74) is 4.31. The van der Waals surface area contributed by atoms with Gasteiger partial charge in [-0.3, -0.25) is 0 Å². The Hall–Kier alpha value is -1.94. The molecule has 0 aliphatic heterocycles. The molecule has 0 amide bonds. The first-order valence-electron chi connectivity index (χ1n) is 7.22. The van der Waals surface area contributed by atoms with Crippen LogP contribution < -0.4 is 5.32 Å². The first-order chi connectivity index (χ1) is 10.1. The Balaban J connectivity index is 2.58. The maximum Gasteiger partial charge on any atom is 0.162 e. The van der Waals surface area contributed by atoms with Crippen molar-refractivity contribution in [3.05, 3.63) is 41.1 Å². The number of benzene rings is 1. The fourth-order valence-electron chi connectivity index (χ4n) is 2.60. The highest BCUT2D eigenvalue weighted by molar-refractivity contribution is 5.63. The summed E-state index contributed by atoms with van der Waals surface area (Å²) in [6.45, 7) is 6.91. The van der Waals surface area contributed by atoms with E-state index < -0.39 is 0 Å². The molecule has 0 saturated carbocycles. The van der Waals surface area contributed by atoms with Gasteiger partial charge in [0.25, 0.3) is 0 Å². The molecule has 0 unspecified atom stereocenters. The molecule has 1 N–H and O–H groups in total. The second-order valence-corrected chi connectivity index (χ2v) is 5.39. The molecule has 112 valence electrons. The standard InChI is InChI=1S/C17H23N3O/c1-11(2)15-12(3)19-16(20-17(15)18-4)14-9-7-6-8-13(14)10-21-5/h6-9,11H,10H2,1-5H3,(H,18,19,20). The van der Waals surface area contributed by atoms with Crippen LogP contribution in [0.5, 0.6) is 0 Å². The molecule has 1 heterocycles. The average molecular weight is 285 g/mol. The minimum absolute atomic E-state index is 0.385. The zero-order valence-electron chi connectivity index (χ0n) is 13.4. The molecule has 0 aliphatic rings. The van der Waals surface area contributed by atoms with Crippen LogP contribution in [0.15, 0.2) is 24.3 Å². The molecule has 4 nitrogen and oxygen atoms in total. The Morgan fingerprint density at radius 1 is 1.19 bits per heavy atom. The Morgan fingerprint density at radius 2 is 1.90 bits per heavy atom. The predicted molar refractivity (Wildman–Crippen MR) is 86.6 cm³/mol. The van der Waals surface area contributed by atoms with Gasteiger partial charge in [-0.15, -0.1) is 0 Å². The molecule has 1 aromatic heterocycles. The minimum Gasteiger partial charge on any atom is -0.380 e. The lowest BCUT2D eigenvalue weighted by Crippen LogP contribution is -2.07. The Labute approximate surface area is 126 Å². The van der Waals surface area contributed by atoms with Crippen LogP contribution in [-0.4, -0.2) is 24.1 Å². The molecule has 2 aromatic rings. The topological polar surface area (TPSA) is 47.0 Å². The van der Waals surface area contributed by atoms with E-state index in [4.69, 9.17) is 14.7 Å². The summed E-state index contributed by atoms with van der Waals surface area (Å²) >= 11 is 0. The molecule has 0 fully saturated rings. The monoisotopic (exact) mass is 285 g/mol. The molecule has 0 aliphatic carbocycles. The Morgan fingerprint density at radius 3 is 2.52 bits per heavy atom. The SMILES string of the molecule is CNc1nc(-c2ccccc2COC)nc(C)c1C(C)C. The van der Waals surface area contributed by atoms with Crippen molar-refractivity contribution < 1.29 is 4.74 Å². The summed E-state index contributed by atoms with van der Waals surface area (Å²) in [5.74, 6) is 2.03. The van der Waals surface area contributed by atoms with Crippen LogP contribution in [0, 0.1) is 6.92 Å². The number of ether oxygens (including phenoxy) is 1. The molecule has 4 heteroatoms. The van der Waals surface area contributed by atoms with Gasteiger partial charge in [-0.1, -0.05) is 38.1 Å². The van der Waals surface area contributed by atoms with Gasteiger partial charge < -0.3 is 10.1 Å². The highest BCUT2D eigenvalue weighted by atomic mass is 16.5. The van der Waals surface area contributed by atoms with Gasteiger partial charge in [0.2, 0.25) is 0 Å². The van der Waals surface area contributed by atoms with Crippen molar-refractivity contribution >= 4 is 5.82 Å². The summed E-state index contributed by atoms with van der Waals surface area (Å²) < 4.78 is 5.27. The largest absolute Gasteiger partial charge is 0.380 e. The predicted octanol–water partition coefficient (Wildman–Crippen LogP) is 3.76. The van der Waals surface area contributed by atoms with E-state index in [1.807, 2.05) is 38.2 Å². The second-order valence-electron chi connectivity index (χ2n) is 5.39. The van der Waals surface area contributed by atoms with Crippen LogP contribution in [0.1, 0.15) is 36.6 Å². The third-order valence-corrected chi connectivity index (χ3v) is 3.51. The maximum atomic E-state index is 5.27. The van der Waals surface area contributed by atoms with Crippen molar-refractivity contribution in [2.24, 2.45) is 0 Å². The zero-order valence-corrected chi connectivity index (χ0v) is 13.4. The van der Waals surface area contributed by atoms with Crippen molar-refractivity contribution in [2.75, 3.05) is 19.5 Å². The van der Waals surface area contributed by atoms with E-state index in [0.717, 1.165) is 28.5 Å². The zero-order chi connectivity index (χ0) is 15.4. The third-order valence-electron chi connectivity index (χ3n) is 3.51. The molecule has 0 radical (unpaired) electrons. The fraction of sp³-hybridized carbons (Fsp3) is 0.412. The summed E-state index contributed by atoms with van der Waals surface area (Å²) in [6.07, 6.45) is 0. The normalized spacial score (nSPS) is 11.0. The van der Waals surface area contributed by atoms with Gasteiger partial charge in [0.05, 0.1) is 6.61 Å². The van der Waals surface area contributed by atoms with Crippen molar-refractivity contribution in [2.45, 2.75) is 33.3 Å². The first kappa shape index (κ1) is 15.4. The van der Waals surface area contributed by atoms with Gasteiger partial charge in [-0.25, -0.2) is 9.97 Å². The van der Waals surface area contributed by atoms with E-state index in [1.54, 1.807) is 7.11 Å². The molecule has 1 aromatic carbocycles. The third kappa shape index (κ3) is 3.22. The molecular formula is C17H23N3O. The molecule has 21 heavy (non-hydrogen) atoms. The fourth-order valence-corrected chi connectivity index (χ4v) is 2.60. The number of nitrogens with zero attached hydrogens (tertiary/aromatic N) is 2. The molecule has 0 atom stereocenters. The molecule has 0 bridgehead atoms. The molecular weight excluding hydrogens is 262 g/mol. The average Bonchev–Trinajstić information content (AvgIpc) is 2.46. The molecule has 0 spiro atoms. The smallest absolute Gasteiger partial charge is 0.162 e. The number of rotatable bonds is 5.